The maximum atomic E-state index is 5.52. The van der Waals surface area contributed by atoms with E-state index in [4.69, 9.17) is 4.74 Å². The molecule has 0 aromatic heterocycles. The molecule has 94 valence electrons. The fraction of sp³-hybridized carbons (Fsp3) is 0.600. The van der Waals surface area contributed by atoms with Gasteiger partial charge in [0.25, 0.3) is 0 Å². The van der Waals surface area contributed by atoms with Crippen LogP contribution in [0, 0.1) is 5.92 Å². The molecule has 1 fully saturated rings. The Labute approximate surface area is 104 Å². The van der Waals surface area contributed by atoms with E-state index in [9.17, 15) is 0 Å². The summed E-state index contributed by atoms with van der Waals surface area (Å²) in [4.78, 5) is 0. The highest BCUT2D eigenvalue weighted by Gasteiger charge is 2.54. The molecule has 1 aromatic rings. The normalized spacial score (nSPS) is 26.9. The molecule has 1 saturated carbocycles. The molecule has 0 saturated heterocycles. The predicted octanol–water partition coefficient (Wildman–Crippen LogP) is 2.97. The van der Waals surface area contributed by atoms with E-state index in [1.807, 2.05) is 6.07 Å². The van der Waals surface area contributed by atoms with Crippen LogP contribution in [0.3, 0.4) is 0 Å². The fourth-order valence-corrected chi connectivity index (χ4v) is 2.96. The first-order valence-corrected chi connectivity index (χ1v) is 6.62. The number of likely N-dealkylation sites (N-methyl/N-ethyl adjacent to an activating group) is 1. The molecule has 0 aliphatic heterocycles. The number of ether oxygens (including phenoxy) is 1. The minimum absolute atomic E-state index is 0.317. The van der Waals surface area contributed by atoms with Gasteiger partial charge in [0.2, 0.25) is 0 Å². The first kappa shape index (κ1) is 12.4. The van der Waals surface area contributed by atoms with E-state index in [0.717, 1.165) is 24.8 Å². The number of hydrogen-bond acceptors (Lipinski definition) is 2. The molecular weight excluding hydrogens is 210 g/mol. The van der Waals surface area contributed by atoms with E-state index in [2.05, 4.69) is 37.4 Å². The molecule has 2 atom stereocenters. The van der Waals surface area contributed by atoms with Gasteiger partial charge in [-0.15, -0.1) is 0 Å². The summed E-state index contributed by atoms with van der Waals surface area (Å²) in [5.41, 5.74) is 1.70. The lowest BCUT2D eigenvalue weighted by molar-refractivity contribution is 0.398. The third kappa shape index (κ3) is 2.19. The molecule has 2 unspecified atom stereocenters. The molecule has 0 spiro atoms. The van der Waals surface area contributed by atoms with E-state index < -0.39 is 0 Å². The zero-order chi connectivity index (χ0) is 12.3. The summed E-state index contributed by atoms with van der Waals surface area (Å²) in [6.07, 6.45) is 2.54. The van der Waals surface area contributed by atoms with Gasteiger partial charge in [-0.1, -0.05) is 38.5 Å². The number of rotatable bonds is 6. The number of benzene rings is 1. The van der Waals surface area contributed by atoms with Crippen LogP contribution >= 0.6 is 0 Å². The van der Waals surface area contributed by atoms with Crippen LogP contribution in [-0.2, 0) is 5.41 Å². The van der Waals surface area contributed by atoms with Crippen LogP contribution in [0.25, 0.3) is 0 Å². The number of hydrogen-bond donors (Lipinski definition) is 1. The van der Waals surface area contributed by atoms with Crippen LogP contribution in [0.5, 0.6) is 5.75 Å². The van der Waals surface area contributed by atoms with Crippen molar-refractivity contribution in [3.63, 3.8) is 0 Å². The topological polar surface area (TPSA) is 21.3 Å². The van der Waals surface area contributed by atoms with Gasteiger partial charge in [-0.05, 0) is 24.9 Å². The maximum absolute atomic E-state index is 5.52. The van der Waals surface area contributed by atoms with E-state index in [-0.39, 0.29) is 0 Å². The molecule has 1 aromatic carbocycles. The number of nitrogens with one attached hydrogen (secondary N) is 1. The van der Waals surface area contributed by atoms with E-state index in [1.165, 1.54) is 18.4 Å². The Morgan fingerprint density at radius 3 is 2.71 bits per heavy atom. The van der Waals surface area contributed by atoms with E-state index in [0.29, 0.717) is 5.41 Å². The Morgan fingerprint density at radius 1 is 1.35 bits per heavy atom. The van der Waals surface area contributed by atoms with Crippen LogP contribution in [0.4, 0.5) is 0 Å². The standard InChI is InChI=1S/C15H23NO/c1-4-12-10-15(12,11-16-5-2)13-8-6-7-9-14(13)17-3/h6-9,12,16H,4-5,10-11H2,1-3H3. The van der Waals surface area contributed by atoms with Gasteiger partial charge in [0.05, 0.1) is 7.11 Å². The summed E-state index contributed by atoms with van der Waals surface area (Å²) < 4.78 is 5.52. The maximum Gasteiger partial charge on any atom is 0.122 e. The Balaban J connectivity index is 2.27. The lowest BCUT2D eigenvalue weighted by atomic mass is 9.91. The molecule has 0 amide bonds. The third-order valence-electron chi connectivity index (χ3n) is 4.06. The summed E-state index contributed by atoms with van der Waals surface area (Å²) in [6, 6.07) is 8.48. The van der Waals surface area contributed by atoms with Gasteiger partial charge in [0.1, 0.15) is 5.75 Å². The summed E-state index contributed by atoms with van der Waals surface area (Å²) in [7, 11) is 1.77. The molecule has 1 N–H and O–H groups in total. The van der Waals surface area contributed by atoms with Crippen molar-refractivity contribution in [3.05, 3.63) is 29.8 Å². The first-order chi connectivity index (χ1) is 8.28. The molecule has 17 heavy (non-hydrogen) atoms. The molecule has 0 bridgehead atoms. The zero-order valence-corrected chi connectivity index (χ0v) is 11.1. The average molecular weight is 233 g/mol. The highest BCUT2D eigenvalue weighted by Crippen LogP contribution is 2.57. The minimum atomic E-state index is 0.317. The molecule has 1 aliphatic rings. The lowest BCUT2D eigenvalue weighted by Gasteiger charge is -2.21. The highest BCUT2D eigenvalue weighted by atomic mass is 16.5. The van der Waals surface area contributed by atoms with Crippen molar-refractivity contribution in [2.45, 2.75) is 32.1 Å². The quantitative estimate of drug-likeness (QED) is 0.815. The zero-order valence-electron chi connectivity index (χ0n) is 11.1. The predicted molar refractivity (Wildman–Crippen MR) is 71.6 cm³/mol. The SMILES string of the molecule is CCNCC1(c2ccccc2OC)CC1CC. The van der Waals surface area contributed by atoms with Crippen molar-refractivity contribution in [1.82, 2.24) is 5.32 Å². The Hall–Kier alpha value is -1.02. The van der Waals surface area contributed by atoms with Crippen LogP contribution in [0.1, 0.15) is 32.3 Å². The van der Waals surface area contributed by atoms with E-state index >= 15 is 0 Å². The van der Waals surface area contributed by atoms with Crippen molar-refractivity contribution in [2.24, 2.45) is 5.92 Å². The van der Waals surface area contributed by atoms with Gasteiger partial charge >= 0.3 is 0 Å². The van der Waals surface area contributed by atoms with Crippen molar-refractivity contribution in [1.29, 1.82) is 0 Å². The van der Waals surface area contributed by atoms with Crippen molar-refractivity contribution < 1.29 is 4.74 Å². The van der Waals surface area contributed by atoms with Gasteiger partial charge in [-0.25, -0.2) is 0 Å². The Morgan fingerprint density at radius 2 is 2.12 bits per heavy atom. The third-order valence-corrected chi connectivity index (χ3v) is 4.06. The number of para-hydroxylation sites is 1. The molecule has 2 rings (SSSR count). The van der Waals surface area contributed by atoms with Gasteiger partial charge in [-0.3, -0.25) is 0 Å². The largest absolute Gasteiger partial charge is 0.496 e. The second-order valence-electron chi connectivity index (χ2n) is 4.95. The molecular formula is C15H23NO. The van der Waals surface area contributed by atoms with Gasteiger partial charge < -0.3 is 10.1 Å². The second kappa shape index (κ2) is 5.09. The van der Waals surface area contributed by atoms with Crippen molar-refractivity contribution >= 4 is 0 Å². The lowest BCUT2D eigenvalue weighted by Crippen LogP contribution is -2.28. The van der Waals surface area contributed by atoms with Crippen LogP contribution in [0.15, 0.2) is 24.3 Å². The first-order valence-electron chi connectivity index (χ1n) is 6.62. The summed E-state index contributed by atoms with van der Waals surface area (Å²) in [5.74, 6) is 1.85. The molecule has 0 radical (unpaired) electrons. The van der Waals surface area contributed by atoms with Gasteiger partial charge in [0.15, 0.2) is 0 Å². The molecule has 2 heteroatoms. The number of methoxy groups -OCH3 is 1. The Bertz CT molecular complexity index is 377. The molecule has 1 aliphatic carbocycles. The fourth-order valence-electron chi connectivity index (χ4n) is 2.96. The van der Waals surface area contributed by atoms with E-state index in [1.54, 1.807) is 7.11 Å². The molecule has 0 heterocycles. The summed E-state index contributed by atoms with van der Waals surface area (Å²) in [5, 5.41) is 3.51. The van der Waals surface area contributed by atoms with Crippen LogP contribution in [-0.4, -0.2) is 20.2 Å². The summed E-state index contributed by atoms with van der Waals surface area (Å²) in [6.45, 7) is 6.56. The Kier molecular flexibility index (Phi) is 3.72. The monoisotopic (exact) mass is 233 g/mol. The van der Waals surface area contributed by atoms with Crippen molar-refractivity contribution in [2.75, 3.05) is 20.2 Å². The minimum Gasteiger partial charge on any atom is -0.496 e. The molecule has 2 nitrogen and oxygen atoms in total. The van der Waals surface area contributed by atoms with Gasteiger partial charge in [0, 0.05) is 17.5 Å². The second-order valence-corrected chi connectivity index (χ2v) is 4.95. The smallest absolute Gasteiger partial charge is 0.122 e. The van der Waals surface area contributed by atoms with Crippen LogP contribution in [0.2, 0.25) is 0 Å². The van der Waals surface area contributed by atoms with Crippen molar-refractivity contribution in [3.8, 4) is 5.75 Å². The highest BCUT2D eigenvalue weighted by molar-refractivity contribution is 5.45. The van der Waals surface area contributed by atoms with Gasteiger partial charge in [-0.2, -0.15) is 0 Å². The van der Waals surface area contributed by atoms with Crippen LogP contribution < -0.4 is 10.1 Å². The summed E-state index contributed by atoms with van der Waals surface area (Å²) >= 11 is 0. The average Bonchev–Trinajstić information content (AvgIpc) is 3.11.